The van der Waals surface area contributed by atoms with Crippen molar-refractivity contribution in [2.24, 2.45) is 5.92 Å². The van der Waals surface area contributed by atoms with Crippen molar-refractivity contribution in [3.8, 4) is 0 Å². The number of esters is 1. The molecule has 0 aliphatic rings. The monoisotopic (exact) mass is 226 g/mol. The summed E-state index contributed by atoms with van der Waals surface area (Å²) in [6.45, 7) is 9.70. The first-order chi connectivity index (χ1) is 7.37. The summed E-state index contributed by atoms with van der Waals surface area (Å²) < 4.78 is 5.32. The largest absolute Gasteiger partial charge is 0.460 e. The van der Waals surface area contributed by atoms with E-state index in [1.165, 1.54) is 0 Å². The molecule has 0 heterocycles. The van der Waals surface area contributed by atoms with Gasteiger partial charge in [0.1, 0.15) is 5.60 Å². The maximum Gasteiger partial charge on any atom is 0.309 e. The number of carbonyl (C=O) groups excluding carboxylic acids is 1. The first kappa shape index (κ1) is 15.2. The minimum absolute atomic E-state index is 0.0184. The van der Waals surface area contributed by atoms with E-state index in [9.17, 15) is 4.79 Å². The van der Waals surface area contributed by atoms with E-state index in [4.69, 9.17) is 4.74 Å². The Morgan fingerprint density at radius 1 is 1.31 bits per heavy atom. The zero-order chi connectivity index (χ0) is 12.6. The number of allylic oxidation sites excluding steroid dienone is 2. The normalized spacial score (nSPS) is 14.1. The van der Waals surface area contributed by atoms with E-state index in [2.05, 4.69) is 12.2 Å². The molecule has 0 amide bonds. The Morgan fingerprint density at radius 3 is 2.44 bits per heavy atom. The fourth-order valence-electron chi connectivity index (χ4n) is 1.40. The van der Waals surface area contributed by atoms with E-state index < -0.39 is 0 Å². The molecule has 2 heteroatoms. The van der Waals surface area contributed by atoms with Gasteiger partial charge >= 0.3 is 5.97 Å². The van der Waals surface area contributed by atoms with Gasteiger partial charge in [-0.15, -0.1) is 0 Å². The Morgan fingerprint density at radius 2 is 1.94 bits per heavy atom. The number of carbonyl (C=O) groups is 1. The minimum atomic E-state index is -0.365. The molecule has 0 aromatic rings. The zero-order valence-corrected chi connectivity index (χ0v) is 11.4. The second-order valence-electron chi connectivity index (χ2n) is 5.29. The molecule has 0 N–H and O–H groups in total. The van der Waals surface area contributed by atoms with Gasteiger partial charge in [-0.3, -0.25) is 4.79 Å². The molecular formula is C14H26O2. The first-order valence-corrected chi connectivity index (χ1v) is 6.21. The Hall–Kier alpha value is -0.790. The SMILES string of the molecule is CC=CCCCCC(C)C(=O)OC(C)(C)C. The molecule has 0 aliphatic heterocycles. The Bertz CT molecular complexity index is 223. The van der Waals surface area contributed by atoms with Crippen molar-refractivity contribution in [3.05, 3.63) is 12.2 Å². The molecule has 0 fully saturated rings. The molecule has 1 atom stereocenters. The van der Waals surface area contributed by atoms with Crippen LogP contribution >= 0.6 is 0 Å². The number of unbranched alkanes of at least 4 members (excludes halogenated alkanes) is 2. The van der Waals surface area contributed by atoms with Crippen molar-refractivity contribution in [2.45, 2.75) is 65.9 Å². The van der Waals surface area contributed by atoms with Crippen LogP contribution in [0.25, 0.3) is 0 Å². The molecule has 0 saturated heterocycles. The molecular weight excluding hydrogens is 200 g/mol. The van der Waals surface area contributed by atoms with Crippen LogP contribution in [0.15, 0.2) is 12.2 Å². The van der Waals surface area contributed by atoms with E-state index >= 15 is 0 Å². The van der Waals surface area contributed by atoms with Gasteiger partial charge in [-0.1, -0.05) is 25.5 Å². The summed E-state index contributed by atoms with van der Waals surface area (Å²) in [5, 5.41) is 0. The van der Waals surface area contributed by atoms with Crippen LogP contribution in [0.4, 0.5) is 0 Å². The third-order valence-corrected chi connectivity index (χ3v) is 2.30. The Kier molecular flexibility index (Phi) is 7.11. The van der Waals surface area contributed by atoms with E-state index in [1.807, 2.05) is 34.6 Å². The molecule has 0 bridgehead atoms. The lowest BCUT2D eigenvalue weighted by atomic mass is 10.0. The predicted molar refractivity (Wildman–Crippen MR) is 68.3 cm³/mol. The topological polar surface area (TPSA) is 26.3 Å². The highest BCUT2D eigenvalue weighted by Crippen LogP contribution is 2.16. The second kappa shape index (κ2) is 7.48. The summed E-state index contributed by atoms with van der Waals surface area (Å²) in [6, 6.07) is 0. The van der Waals surface area contributed by atoms with E-state index in [0.717, 1.165) is 25.7 Å². The maximum atomic E-state index is 11.6. The molecule has 0 aromatic heterocycles. The van der Waals surface area contributed by atoms with Crippen LogP contribution in [0.3, 0.4) is 0 Å². The van der Waals surface area contributed by atoms with Crippen LogP contribution in [-0.4, -0.2) is 11.6 Å². The van der Waals surface area contributed by atoms with Crippen molar-refractivity contribution < 1.29 is 9.53 Å². The van der Waals surface area contributed by atoms with Gasteiger partial charge in [0.2, 0.25) is 0 Å². The average molecular weight is 226 g/mol. The molecule has 16 heavy (non-hydrogen) atoms. The summed E-state index contributed by atoms with van der Waals surface area (Å²) in [7, 11) is 0. The lowest BCUT2D eigenvalue weighted by molar-refractivity contribution is -0.159. The fourth-order valence-corrected chi connectivity index (χ4v) is 1.40. The fraction of sp³-hybridized carbons (Fsp3) is 0.786. The summed E-state index contributed by atoms with van der Waals surface area (Å²) in [5.74, 6) is -0.0524. The summed E-state index contributed by atoms with van der Waals surface area (Å²) >= 11 is 0. The number of ether oxygens (including phenoxy) is 1. The average Bonchev–Trinajstić information content (AvgIpc) is 2.14. The highest BCUT2D eigenvalue weighted by atomic mass is 16.6. The number of hydrogen-bond donors (Lipinski definition) is 0. The number of rotatable bonds is 6. The van der Waals surface area contributed by atoms with Crippen LogP contribution in [0.2, 0.25) is 0 Å². The molecule has 0 saturated carbocycles. The highest BCUT2D eigenvalue weighted by Gasteiger charge is 2.20. The van der Waals surface area contributed by atoms with Crippen LogP contribution in [0, 0.1) is 5.92 Å². The van der Waals surface area contributed by atoms with Crippen LogP contribution in [0.1, 0.15) is 60.3 Å². The van der Waals surface area contributed by atoms with Gasteiger partial charge in [0, 0.05) is 0 Å². The molecule has 0 aliphatic carbocycles. The standard InChI is InChI=1S/C14H26O2/c1-6-7-8-9-10-11-12(2)13(15)16-14(3,4)5/h6-7,12H,8-11H2,1-5H3. The summed E-state index contributed by atoms with van der Waals surface area (Å²) in [5.41, 5.74) is -0.365. The summed E-state index contributed by atoms with van der Waals surface area (Å²) in [6.07, 6.45) is 8.50. The molecule has 2 nitrogen and oxygen atoms in total. The molecule has 0 rings (SSSR count). The number of hydrogen-bond acceptors (Lipinski definition) is 2. The lowest BCUT2D eigenvalue weighted by Gasteiger charge is -2.22. The van der Waals surface area contributed by atoms with Gasteiger partial charge < -0.3 is 4.74 Å². The van der Waals surface area contributed by atoms with Gasteiger partial charge in [0.25, 0.3) is 0 Å². The van der Waals surface area contributed by atoms with E-state index in [-0.39, 0.29) is 17.5 Å². The van der Waals surface area contributed by atoms with Gasteiger partial charge in [-0.2, -0.15) is 0 Å². The predicted octanol–water partition coefficient (Wildman–Crippen LogP) is 4.10. The van der Waals surface area contributed by atoms with Gasteiger partial charge in [-0.25, -0.2) is 0 Å². The molecule has 0 aromatic carbocycles. The third-order valence-electron chi connectivity index (χ3n) is 2.30. The maximum absolute atomic E-state index is 11.6. The Labute approximate surface area is 100 Å². The van der Waals surface area contributed by atoms with Crippen LogP contribution < -0.4 is 0 Å². The van der Waals surface area contributed by atoms with Crippen molar-refractivity contribution in [1.82, 2.24) is 0 Å². The minimum Gasteiger partial charge on any atom is -0.460 e. The van der Waals surface area contributed by atoms with Crippen LogP contribution in [0.5, 0.6) is 0 Å². The molecule has 0 spiro atoms. The second-order valence-corrected chi connectivity index (χ2v) is 5.29. The van der Waals surface area contributed by atoms with Gasteiger partial charge in [0.15, 0.2) is 0 Å². The lowest BCUT2D eigenvalue weighted by Crippen LogP contribution is -2.27. The Balaban J connectivity index is 3.71. The smallest absolute Gasteiger partial charge is 0.309 e. The first-order valence-electron chi connectivity index (χ1n) is 6.21. The van der Waals surface area contributed by atoms with Crippen molar-refractivity contribution in [1.29, 1.82) is 0 Å². The molecule has 1 unspecified atom stereocenters. The molecule has 94 valence electrons. The quantitative estimate of drug-likeness (QED) is 0.387. The highest BCUT2D eigenvalue weighted by molar-refractivity contribution is 5.72. The van der Waals surface area contributed by atoms with Crippen molar-refractivity contribution >= 4 is 5.97 Å². The van der Waals surface area contributed by atoms with Crippen LogP contribution in [-0.2, 0) is 9.53 Å². The zero-order valence-electron chi connectivity index (χ0n) is 11.4. The third kappa shape index (κ3) is 8.51. The van der Waals surface area contributed by atoms with E-state index in [1.54, 1.807) is 0 Å². The van der Waals surface area contributed by atoms with Gasteiger partial charge in [-0.05, 0) is 47.0 Å². The van der Waals surface area contributed by atoms with E-state index in [0.29, 0.717) is 0 Å². The van der Waals surface area contributed by atoms with Crippen molar-refractivity contribution in [3.63, 3.8) is 0 Å². The van der Waals surface area contributed by atoms with Gasteiger partial charge in [0.05, 0.1) is 5.92 Å². The molecule has 0 radical (unpaired) electrons. The van der Waals surface area contributed by atoms with Crippen molar-refractivity contribution in [2.75, 3.05) is 0 Å². The summed E-state index contributed by atoms with van der Waals surface area (Å²) in [4.78, 5) is 11.6.